The van der Waals surface area contributed by atoms with Gasteiger partial charge < -0.3 is 19.1 Å². The molecular weight excluding hydrogens is 346 g/mol. The van der Waals surface area contributed by atoms with Crippen molar-refractivity contribution in [1.82, 2.24) is 9.80 Å². The number of benzene rings is 1. The van der Waals surface area contributed by atoms with E-state index in [1.165, 1.54) is 6.26 Å². The molecule has 7 nitrogen and oxygen atoms in total. The van der Waals surface area contributed by atoms with Gasteiger partial charge in [0.25, 0.3) is 11.8 Å². The van der Waals surface area contributed by atoms with Crippen molar-refractivity contribution in [3.63, 3.8) is 0 Å². The van der Waals surface area contributed by atoms with Gasteiger partial charge in [0.05, 0.1) is 18.4 Å². The minimum Gasteiger partial charge on any atom is -0.459 e. The molecule has 0 unspecified atom stereocenters. The Balaban J connectivity index is 1.30. The van der Waals surface area contributed by atoms with Crippen LogP contribution in [0.5, 0.6) is 0 Å². The lowest BCUT2D eigenvalue weighted by Crippen LogP contribution is -2.50. The molecule has 1 aromatic carbocycles. The SMILES string of the molecule is O=C(c1cc2c3c(c1)CC(=O)N3CC2)N1CCN(C(=O)c2ccco2)CC1. The molecule has 4 heterocycles. The molecule has 0 spiro atoms. The highest BCUT2D eigenvalue weighted by atomic mass is 16.3. The normalized spacial score (nSPS) is 18.2. The molecule has 1 saturated heterocycles. The van der Waals surface area contributed by atoms with Crippen molar-refractivity contribution in [2.75, 3.05) is 37.6 Å². The molecule has 27 heavy (non-hydrogen) atoms. The second kappa shape index (κ2) is 5.97. The Labute approximate surface area is 156 Å². The largest absolute Gasteiger partial charge is 0.459 e. The maximum atomic E-state index is 13.0. The lowest BCUT2D eigenvalue weighted by Gasteiger charge is -2.34. The number of amides is 3. The van der Waals surface area contributed by atoms with Gasteiger partial charge in [0.2, 0.25) is 5.91 Å². The molecule has 0 N–H and O–H groups in total. The molecule has 3 aliphatic rings. The first-order valence-electron chi connectivity index (χ1n) is 9.20. The van der Waals surface area contributed by atoms with E-state index >= 15 is 0 Å². The van der Waals surface area contributed by atoms with E-state index in [0.29, 0.717) is 50.5 Å². The van der Waals surface area contributed by atoms with E-state index in [9.17, 15) is 14.4 Å². The van der Waals surface area contributed by atoms with Gasteiger partial charge in [-0.3, -0.25) is 14.4 Å². The first kappa shape index (κ1) is 16.1. The van der Waals surface area contributed by atoms with Crippen molar-refractivity contribution in [3.8, 4) is 0 Å². The maximum Gasteiger partial charge on any atom is 0.289 e. The van der Waals surface area contributed by atoms with Crippen LogP contribution < -0.4 is 4.90 Å². The minimum absolute atomic E-state index is 0.0306. The highest BCUT2D eigenvalue weighted by Gasteiger charge is 2.35. The number of hydrogen-bond acceptors (Lipinski definition) is 4. The highest BCUT2D eigenvalue weighted by Crippen LogP contribution is 2.38. The van der Waals surface area contributed by atoms with Crippen molar-refractivity contribution < 1.29 is 18.8 Å². The summed E-state index contributed by atoms with van der Waals surface area (Å²) in [7, 11) is 0. The van der Waals surface area contributed by atoms with E-state index < -0.39 is 0 Å². The molecule has 0 atom stereocenters. The highest BCUT2D eigenvalue weighted by molar-refractivity contribution is 6.05. The van der Waals surface area contributed by atoms with Crippen molar-refractivity contribution >= 4 is 23.4 Å². The van der Waals surface area contributed by atoms with Gasteiger partial charge in [-0.2, -0.15) is 0 Å². The van der Waals surface area contributed by atoms with Crippen molar-refractivity contribution in [2.24, 2.45) is 0 Å². The maximum absolute atomic E-state index is 13.0. The summed E-state index contributed by atoms with van der Waals surface area (Å²) in [5, 5.41) is 0. The van der Waals surface area contributed by atoms with Crippen LogP contribution in [0.15, 0.2) is 34.9 Å². The second-order valence-corrected chi connectivity index (χ2v) is 7.18. The van der Waals surface area contributed by atoms with Crippen LogP contribution in [0.1, 0.15) is 32.0 Å². The number of carbonyl (C=O) groups excluding carboxylic acids is 3. The summed E-state index contributed by atoms with van der Waals surface area (Å²) in [5.41, 5.74) is 3.72. The summed E-state index contributed by atoms with van der Waals surface area (Å²) >= 11 is 0. The molecule has 3 amide bonds. The summed E-state index contributed by atoms with van der Waals surface area (Å²) in [6.07, 6.45) is 2.67. The number of hydrogen-bond donors (Lipinski definition) is 0. The van der Waals surface area contributed by atoms with Gasteiger partial charge in [0, 0.05) is 38.3 Å². The van der Waals surface area contributed by atoms with E-state index in [0.717, 1.165) is 23.2 Å². The lowest BCUT2D eigenvalue weighted by atomic mass is 10.0. The van der Waals surface area contributed by atoms with Crippen LogP contribution in [0.25, 0.3) is 0 Å². The third-order valence-corrected chi connectivity index (χ3v) is 5.62. The van der Waals surface area contributed by atoms with Crippen LogP contribution >= 0.6 is 0 Å². The summed E-state index contributed by atoms with van der Waals surface area (Å²) < 4.78 is 5.17. The standard InChI is InChI=1S/C20H19N3O4/c24-17-12-14-11-15(10-13-3-4-23(17)18(13)14)19(25)21-5-7-22(8-6-21)20(26)16-2-1-9-27-16/h1-2,9-11H,3-8,12H2. The Morgan fingerprint density at radius 1 is 0.926 bits per heavy atom. The zero-order valence-electron chi connectivity index (χ0n) is 14.8. The van der Waals surface area contributed by atoms with E-state index in [4.69, 9.17) is 4.42 Å². The number of anilines is 1. The zero-order chi connectivity index (χ0) is 18.5. The Morgan fingerprint density at radius 2 is 1.63 bits per heavy atom. The number of carbonyl (C=O) groups is 3. The van der Waals surface area contributed by atoms with Crippen LogP contribution in [0.2, 0.25) is 0 Å². The third kappa shape index (κ3) is 2.53. The van der Waals surface area contributed by atoms with E-state index in [-0.39, 0.29) is 17.7 Å². The molecular formula is C20H19N3O4. The third-order valence-electron chi connectivity index (χ3n) is 5.62. The van der Waals surface area contributed by atoms with Gasteiger partial charge in [-0.05, 0) is 41.8 Å². The first-order chi connectivity index (χ1) is 13.1. The average Bonchev–Trinajstić information content (AvgIpc) is 3.42. The fraction of sp³-hybridized carbons (Fsp3) is 0.350. The molecule has 1 fully saturated rings. The van der Waals surface area contributed by atoms with Gasteiger partial charge in [-0.15, -0.1) is 0 Å². The number of rotatable bonds is 2. The quantitative estimate of drug-likeness (QED) is 0.805. The van der Waals surface area contributed by atoms with E-state index in [2.05, 4.69) is 0 Å². The Kier molecular flexibility index (Phi) is 3.56. The molecule has 2 aromatic rings. The Hall–Kier alpha value is -3.09. The van der Waals surface area contributed by atoms with E-state index in [1.54, 1.807) is 21.9 Å². The van der Waals surface area contributed by atoms with E-state index in [1.807, 2.05) is 17.0 Å². The zero-order valence-corrected chi connectivity index (χ0v) is 14.8. The summed E-state index contributed by atoms with van der Waals surface area (Å²) in [4.78, 5) is 42.7. The van der Waals surface area contributed by atoms with Crippen molar-refractivity contribution in [2.45, 2.75) is 12.8 Å². The fourth-order valence-corrected chi connectivity index (χ4v) is 4.26. The average molecular weight is 365 g/mol. The molecule has 0 saturated carbocycles. The molecule has 7 heteroatoms. The van der Waals surface area contributed by atoms with Crippen LogP contribution in [0.4, 0.5) is 5.69 Å². The van der Waals surface area contributed by atoms with Gasteiger partial charge in [0.1, 0.15) is 0 Å². The predicted molar refractivity (Wildman–Crippen MR) is 96.7 cm³/mol. The van der Waals surface area contributed by atoms with Crippen LogP contribution in [-0.2, 0) is 17.6 Å². The van der Waals surface area contributed by atoms with Crippen LogP contribution in [0.3, 0.4) is 0 Å². The first-order valence-corrected chi connectivity index (χ1v) is 9.20. The van der Waals surface area contributed by atoms with Crippen molar-refractivity contribution in [3.05, 3.63) is 53.0 Å². The van der Waals surface area contributed by atoms with Crippen LogP contribution in [0, 0.1) is 0 Å². The molecule has 138 valence electrons. The molecule has 5 rings (SSSR count). The predicted octanol–water partition coefficient (Wildman–Crippen LogP) is 1.32. The smallest absolute Gasteiger partial charge is 0.289 e. The van der Waals surface area contributed by atoms with Gasteiger partial charge in [-0.25, -0.2) is 0 Å². The van der Waals surface area contributed by atoms with Gasteiger partial charge >= 0.3 is 0 Å². The van der Waals surface area contributed by atoms with Gasteiger partial charge in [-0.1, -0.05) is 0 Å². The number of nitrogens with zero attached hydrogens (tertiary/aromatic N) is 3. The molecule has 0 aliphatic carbocycles. The number of piperazine rings is 1. The molecule has 0 radical (unpaired) electrons. The summed E-state index contributed by atoms with van der Waals surface area (Å²) in [5.74, 6) is 0.275. The molecule has 3 aliphatic heterocycles. The fourth-order valence-electron chi connectivity index (χ4n) is 4.26. The summed E-state index contributed by atoms with van der Waals surface area (Å²) in [6, 6.07) is 7.14. The Morgan fingerprint density at radius 3 is 2.33 bits per heavy atom. The van der Waals surface area contributed by atoms with Crippen molar-refractivity contribution in [1.29, 1.82) is 0 Å². The topological polar surface area (TPSA) is 74.1 Å². The molecule has 0 bridgehead atoms. The number of furan rings is 1. The second-order valence-electron chi connectivity index (χ2n) is 7.18. The Bertz CT molecular complexity index is 942. The molecule has 1 aromatic heterocycles. The minimum atomic E-state index is -0.142. The lowest BCUT2D eigenvalue weighted by molar-refractivity contribution is -0.117. The van der Waals surface area contributed by atoms with Crippen LogP contribution in [-0.4, -0.2) is 60.2 Å². The van der Waals surface area contributed by atoms with Gasteiger partial charge in [0.15, 0.2) is 5.76 Å². The summed E-state index contributed by atoms with van der Waals surface area (Å²) in [6.45, 7) is 2.66. The monoisotopic (exact) mass is 365 g/mol.